The summed E-state index contributed by atoms with van der Waals surface area (Å²) in [7, 11) is 1.84. The number of amides is 1. The predicted molar refractivity (Wildman–Crippen MR) is 83.3 cm³/mol. The lowest BCUT2D eigenvalue weighted by Gasteiger charge is -2.15. The topological polar surface area (TPSA) is 44.4 Å². The van der Waals surface area contributed by atoms with Crippen molar-refractivity contribution in [3.63, 3.8) is 0 Å². The van der Waals surface area contributed by atoms with Gasteiger partial charge in [-0.3, -0.25) is 4.79 Å². The third kappa shape index (κ3) is 3.97. The zero-order valence-corrected chi connectivity index (χ0v) is 12.5. The van der Waals surface area contributed by atoms with Gasteiger partial charge in [0.15, 0.2) is 0 Å². The van der Waals surface area contributed by atoms with Gasteiger partial charge in [0, 0.05) is 19.3 Å². The molecule has 0 aromatic heterocycles. The van der Waals surface area contributed by atoms with E-state index >= 15 is 0 Å². The summed E-state index contributed by atoms with van der Waals surface area (Å²) in [6, 6.07) is 5.89. The van der Waals surface area contributed by atoms with Crippen LogP contribution in [-0.2, 0) is 0 Å². The molecule has 0 radical (unpaired) electrons. The van der Waals surface area contributed by atoms with E-state index in [4.69, 9.17) is 0 Å². The van der Waals surface area contributed by atoms with E-state index in [1.807, 2.05) is 32.2 Å². The Morgan fingerprint density at radius 3 is 2.75 bits per heavy atom. The Labute approximate surface area is 121 Å². The Kier molecular flexibility index (Phi) is 5.41. The summed E-state index contributed by atoms with van der Waals surface area (Å²) in [5, 5.41) is 6.09. The van der Waals surface area contributed by atoms with Crippen molar-refractivity contribution in [2.45, 2.75) is 26.2 Å². The van der Waals surface area contributed by atoms with Crippen LogP contribution in [0.4, 0.5) is 5.69 Å². The van der Waals surface area contributed by atoms with E-state index in [0.29, 0.717) is 0 Å². The van der Waals surface area contributed by atoms with Gasteiger partial charge in [0.25, 0.3) is 5.91 Å². The maximum absolute atomic E-state index is 12.2. The predicted octanol–water partition coefficient (Wildman–Crippen LogP) is 2.25. The zero-order chi connectivity index (χ0) is 14.4. The third-order valence-electron chi connectivity index (χ3n) is 3.82. The van der Waals surface area contributed by atoms with Gasteiger partial charge in [0.2, 0.25) is 0 Å². The van der Waals surface area contributed by atoms with Crippen LogP contribution in [0.25, 0.3) is 0 Å². The first-order valence-electron chi connectivity index (χ1n) is 7.49. The second-order valence-electron chi connectivity index (χ2n) is 5.46. The fourth-order valence-corrected chi connectivity index (χ4v) is 2.67. The van der Waals surface area contributed by atoms with Gasteiger partial charge in [-0.15, -0.1) is 0 Å². The maximum Gasteiger partial charge on any atom is 0.253 e. The molecule has 0 unspecified atom stereocenters. The maximum atomic E-state index is 12.2. The molecule has 110 valence electrons. The van der Waals surface area contributed by atoms with Gasteiger partial charge in [-0.25, -0.2) is 0 Å². The SMILES string of the molecule is CNc1ccc(C)cc1C(=O)NCCCN1CCCC1. The smallest absolute Gasteiger partial charge is 0.253 e. The van der Waals surface area contributed by atoms with Crippen molar-refractivity contribution in [1.82, 2.24) is 10.2 Å². The highest BCUT2D eigenvalue weighted by Gasteiger charge is 2.12. The van der Waals surface area contributed by atoms with Gasteiger partial charge >= 0.3 is 0 Å². The number of carbonyl (C=O) groups excluding carboxylic acids is 1. The fraction of sp³-hybridized carbons (Fsp3) is 0.562. The van der Waals surface area contributed by atoms with Crippen LogP contribution in [0.15, 0.2) is 18.2 Å². The van der Waals surface area contributed by atoms with Crippen LogP contribution in [0, 0.1) is 6.92 Å². The van der Waals surface area contributed by atoms with Crippen LogP contribution in [0.2, 0.25) is 0 Å². The molecule has 1 fully saturated rings. The number of rotatable bonds is 6. The molecular weight excluding hydrogens is 250 g/mol. The number of benzene rings is 1. The molecule has 2 N–H and O–H groups in total. The Hall–Kier alpha value is -1.55. The van der Waals surface area contributed by atoms with Crippen molar-refractivity contribution >= 4 is 11.6 Å². The lowest BCUT2D eigenvalue weighted by molar-refractivity contribution is 0.0952. The molecule has 1 heterocycles. The summed E-state index contributed by atoms with van der Waals surface area (Å²) in [5.74, 6) is 0.0134. The standard InChI is InChI=1S/C16H25N3O/c1-13-6-7-15(17-2)14(12-13)16(20)18-8-5-11-19-9-3-4-10-19/h6-7,12,17H,3-5,8-11H2,1-2H3,(H,18,20). The first-order valence-corrected chi connectivity index (χ1v) is 7.49. The molecule has 0 aliphatic carbocycles. The number of hydrogen-bond acceptors (Lipinski definition) is 3. The van der Waals surface area contributed by atoms with Crippen LogP contribution in [0.5, 0.6) is 0 Å². The summed E-state index contributed by atoms with van der Waals surface area (Å²) in [4.78, 5) is 14.7. The molecule has 4 heteroatoms. The highest BCUT2D eigenvalue weighted by atomic mass is 16.1. The lowest BCUT2D eigenvalue weighted by Crippen LogP contribution is -2.29. The monoisotopic (exact) mass is 275 g/mol. The number of carbonyl (C=O) groups is 1. The van der Waals surface area contributed by atoms with E-state index in [1.165, 1.54) is 25.9 Å². The van der Waals surface area contributed by atoms with Gasteiger partial charge in [-0.1, -0.05) is 11.6 Å². The van der Waals surface area contributed by atoms with E-state index < -0.39 is 0 Å². The molecule has 1 saturated heterocycles. The molecule has 4 nitrogen and oxygen atoms in total. The first-order chi connectivity index (χ1) is 9.70. The molecule has 1 aromatic carbocycles. The second kappa shape index (κ2) is 7.29. The van der Waals surface area contributed by atoms with Crippen LogP contribution >= 0.6 is 0 Å². The van der Waals surface area contributed by atoms with Crippen LogP contribution in [0.3, 0.4) is 0 Å². The number of hydrogen-bond donors (Lipinski definition) is 2. The van der Waals surface area contributed by atoms with Crippen molar-refractivity contribution in [2.75, 3.05) is 38.5 Å². The minimum atomic E-state index is 0.0134. The van der Waals surface area contributed by atoms with Crippen LogP contribution < -0.4 is 10.6 Å². The highest BCUT2D eigenvalue weighted by Crippen LogP contribution is 2.16. The van der Waals surface area contributed by atoms with E-state index in [1.54, 1.807) is 0 Å². The van der Waals surface area contributed by atoms with Crippen molar-refractivity contribution < 1.29 is 4.79 Å². The largest absolute Gasteiger partial charge is 0.387 e. The number of aryl methyl sites for hydroxylation is 1. The Bertz CT molecular complexity index is 453. The van der Waals surface area contributed by atoms with Gasteiger partial charge in [-0.05, 0) is 58.0 Å². The van der Waals surface area contributed by atoms with Gasteiger partial charge < -0.3 is 15.5 Å². The quantitative estimate of drug-likeness (QED) is 0.783. The summed E-state index contributed by atoms with van der Waals surface area (Å²) in [6.45, 7) is 6.27. The molecule has 1 amide bonds. The molecule has 0 spiro atoms. The van der Waals surface area contributed by atoms with E-state index in [-0.39, 0.29) is 5.91 Å². The second-order valence-corrected chi connectivity index (χ2v) is 5.46. The number of likely N-dealkylation sites (tertiary alicyclic amines) is 1. The van der Waals surface area contributed by atoms with Crippen molar-refractivity contribution in [3.8, 4) is 0 Å². The van der Waals surface area contributed by atoms with E-state index in [9.17, 15) is 4.79 Å². The van der Waals surface area contributed by atoms with Crippen molar-refractivity contribution in [3.05, 3.63) is 29.3 Å². The average Bonchev–Trinajstić information content (AvgIpc) is 2.96. The molecule has 1 aliphatic heterocycles. The van der Waals surface area contributed by atoms with Crippen LogP contribution in [-0.4, -0.2) is 44.0 Å². The average molecular weight is 275 g/mol. The highest BCUT2D eigenvalue weighted by molar-refractivity contribution is 5.99. The van der Waals surface area contributed by atoms with E-state index in [0.717, 1.165) is 36.3 Å². The summed E-state index contributed by atoms with van der Waals surface area (Å²) in [5.41, 5.74) is 2.72. The molecule has 1 aromatic rings. The molecule has 20 heavy (non-hydrogen) atoms. The number of nitrogens with one attached hydrogen (secondary N) is 2. The normalized spacial score (nSPS) is 15.3. The summed E-state index contributed by atoms with van der Waals surface area (Å²) < 4.78 is 0. The lowest BCUT2D eigenvalue weighted by atomic mass is 10.1. The number of anilines is 1. The Morgan fingerprint density at radius 2 is 2.05 bits per heavy atom. The van der Waals surface area contributed by atoms with Crippen LogP contribution in [0.1, 0.15) is 35.2 Å². The number of nitrogens with zero attached hydrogens (tertiary/aromatic N) is 1. The molecule has 1 aliphatic rings. The molecular formula is C16H25N3O. The minimum Gasteiger partial charge on any atom is -0.387 e. The minimum absolute atomic E-state index is 0.0134. The summed E-state index contributed by atoms with van der Waals surface area (Å²) >= 11 is 0. The van der Waals surface area contributed by atoms with Gasteiger partial charge in [0.1, 0.15) is 0 Å². The fourth-order valence-electron chi connectivity index (χ4n) is 2.67. The first kappa shape index (κ1) is 14.9. The van der Waals surface area contributed by atoms with Gasteiger partial charge in [0.05, 0.1) is 5.56 Å². The van der Waals surface area contributed by atoms with Crippen molar-refractivity contribution in [2.24, 2.45) is 0 Å². The molecule has 0 bridgehead atoms. The molecule has 2 rings (SSSR count). The molecule has 0 saturated carbocycles. The zero-order valence-electron chi connectivity index (χ0n) is 12.5. The van der Waals surface area contributed by atoms with Crippen molar-refractivity contribution in [1.29, 1.82) is 0 Å². The van der Waals surface area contributed by atoms with E-state index in [2.05, 4.69) is 15.5 Å². The Balaban J connectivity index is 1.80. The Morgan fingerprint density at radius 1 is 1.30 bits per heavy atom. The molecule has 0 atom stereocenters. The third-order valence-corrected chi connectivity index (χ3v) is 3.82. The summed E-state index contributed by atoms with van der Waals surface area (Å²) in [6.07, 6.45) is 3.66. The van der Waals surface area contributed by atoms with Gasteiger partial charge in [-0.2, -0.15) is 0 Å².